The summed E-state index contributed by atoms with van der Waals surface area (Å²) in [7, 11) is 5.15. The monoisotopic (exact) mass is 349 g/mol. The number of carbonyl (C=O) groups excluding carboxylic acids is 1. The van der Waals surface area contributed by atoms with Gasteiger partial charge in [0.05, 0.1) is 10.9 Å². The lowest BCUT2D eigenvalue weighted by molar-refractivity contribution is 0.0824. The third-order valence-electron chi connectivity index (χ3n) is 4.35. The molecule has 1 aromatic carbocycles. The van der Waals surface area contributed by atoms with Crippen LogP contribution in [-0.4, -0.2) is 44.4 Å². The minimum absolute atomic E-state index is 0.232. The van der Waals surface area contributed by atoms with Gasteiger partial charge in [0.1, 0.15) is 17.2 Å². The number of aryl methyl sites for hydroxylation is 1. The van der Waals surface area contributed by atoms with Crippen LogP contribution in [0, 0.1) is 5.82 Å². The van der Waals surface area contributed by atoms with Crippen molar-refractivity contribution in [2.24, 2.45) is 7.05 Å². The summed E-state index contributed by atoms with van der Waals surface area (Å²) in [6.45, 7) is 0. The highest BCUT2D eigenvalue weighted by Gasteiger charge is 2.22. The molecule has 0 saturated heterocycles. The van der Waals surface area contributed by atoms with E-state index in [0.717, 1.165) is 10.9 Å². The van der Waals surface area contributed by atoms with Gasteiger partial charge in [0.2, 0.25) is 0 Å². The predicted octanol–water partition coefficient (Wildman–Crippen LogP) is 3.02. The molecule has 26 heavy (non-hydrogen) atoms. The van der Waals surface area contributed by atoms with Gasteiger partial charge in [-0.2, -0.15) is 0 Å². The Hall–Kier alpha value is -3.35. The van der Waals surface area contributed by atoms with Crippen molar-refractivity contribution in [2.75, 3.05) is 14.1 Å². The molecule has 4 rings (SSSR count). The average Bonchev–Trinajstić information content (AvgIpc) is 2.93. The fourth-order valence-corrected chi connectivity index (χ4v) is 3.04. The number of amides is 1. The number of nitrogens with zero attached hydrogens (tertiary/aromatic N) is 5. The lowest BCUT2D eigenvalue weighted by atomic mass is 10.1. The molecule has 0 bridgehead atoms. The fourth-order valence-electron chi connectivity index (χ4n) is 3.04. The molecular formula is C19H16FN5O. The first-order valence-electron chi connectivity index (χ1n) is 8.05. The van der Waals surface area contributed by atoms with Gasteiger partial charge in [0.15, 0.2) is 5.82 Å². The molecule has 6 nitrogen and oxygen atoms in total. The van der Waals surface area contributed by atoms with Crippen LogP contribution in [0.1, 0.15) is 10.5 Å². The van der Waals surface area contributed by atoms with Crippen LogP contribution in [0.3, 0.4) is 0 Å². The Morgan fingerprint density at radius 2 is 1.85 bits per heavy atom. The van der Waals surface area contributed by atoms with E-state index in [2.05, 4.69) is 15.0 Å². The second-order valence-electron chi connectivity index (χ2n) is 6.25. The second kappa shape index (κ2) is 5.87. The minimum atomic E-state index is -0.341. The van der Waals surface area contributed by atoms with Crippen LogP contribution in [0.5, 0.6) is 0 Å². The fraction of sp³-hybridized carbons (Fsp3) is 0.158. The summed E-state index contributed by atoms with van der Waals surface area (Å²) in [6.07, 6.45) is 3.29. The lowest BCUT2D eigenvalue weighted by Crippen LogP contribution is -2.23. The van der Waals surface area contributed by atoms with Crippen LogP contribution in [0.4, 0.5) is 4.39 Å². The van der Waals surface area contributed by atoms with Crippen molar-refractivity contribution < 1.29 is 9.18 Å². The van der Waals surface area contributed by atoms with Crippen molar-refractivity contribution in [2.45, 2.75) is 0 Å². The van der Waals surface area contributed by atoms with E-state index in [1.807, 2.05) is 0 Å². The molecule has 0 spiro atoms. The third kappa shape index (κ3) is 2.40. The molecule has 0 aliphatic heterocycles. The van der Waals surface area contributed by atoms with E-state index in [0.29, 0.717) is 28.1 Å². The molecule has 0 fully saturated rings. The molecule has 3 aromatic heterocycles. The largest absolute Gasteiger partial charge is 0.343 e. The van der Waals surface area contributed by atoms with Crippen LogP contribution >= 0.6 is 0 Å². The van der Waals surface area contributed by atoms with E-state index in [4.69, 9.17) is 0 Å². The minimum Gasteiger partial charge on any atom is -0.343 e. The van der Waals surface area contributed by atoms with Crippen LogP contribution in [0.2, 0.25) is 0 Å². The first kappa shape index (κ1) is 16.1. The molecule has 0 aliphatic rings. The van der Waals surface area contributed by atoms with Crippen LogP contribution in [0.15, 0.2) is 42.7 Å². The molecule has 0 aliphatic carbocycles. The van der Waals surface area contributed by atoms with E-state index in [-0.39, 0.29) is 11.7 Å². The molecule has 130 valence electrons. The molecule has 7 heteroatoms. The Morgan fingerprint density at radius 1 is 1.12 bits per heavy atom. The number of hydrogen-bond acceptors (Lipinski definition) is 4. The molecular weight excluding hydrogens is 333 g/mol. The van der Waals surface area contributed by atoms with E-state index < -0.39 is 0 Å². The highest BCUT2D eigenvalue weighted by molar-refractivity contribution is 6.16. The van der Waals surface area contributed by atoms with Gasteiger partial charge in [-0.15, -0.1) is 0 Å². The molecule has 3 heterocycles. The van der Waals surface area contributed by atoms with E-state index in [1.165, 1.54) is 17.0 Å². The summed E-state index contributed by atoms with van der Waals surface area (Å²) in [6, 6.07) is 8.05. The Morgan fingerprint density at radius 3 is 2.54 bits per heavy atom. The summed E-state index contributed by atoms with van der Waals surface area (Å²) < 4.78 is 15.5. The quantitative estimate of drug-likeness (QED) is 0.558. The summed E-state index contributed by atoms with van der Waals surface area (Å²) in [5, 5.41) is 1.37. The summed E-state index contributed by atoms with van der Waals surface area (Å²) in [4.78, 5) is 27.5. The Kier molecular flexibility index (Phi) is 3.64. The smallest absolute Gasteiger partial charge is 0.272 e. The van der Waals surface area contributed by atoms with Crippen molar-refractivity contribution in [1.82, 2.24) is 24.4 Å². The number of aromatic nitrogens is 4. The summed E-state index contributed by atoms with van der Waals surface area (Å²) in [5.74, 6) is -0.146. The van der Waals surface area contributed by atoms with Gasteiger partial charge in [0.25, 0.3) is 5.91 Å². The van der Waals surface area contributed by atoms with Gasteiger partial charge in [-0.3, -0.25) is 9.78 Å². The Bertz CT molecular complexity index is 1150. The van der Waals surface area contributed by atoms with Crippen molar-refractivity contribution in [1.29, 1.82) is 0 Å². The maximum absolute atomic E-state index is 13.7. The number of benzene rings is 1. The van der Waals surface area contributed by atoms with Gasteiger partial charge in [-0.25, -0.2) is 14.4 Å². The van der Waals surface area contributed by atoms with Crippen LogP contribution < -0.4 is 0 Å². The van der Waals surface area contributed by atoms with Gasteiger partial charge in [-0.05, 0) is 30.3 Å². The van der Waals surface area contributed by atoms with Gasteiger partial charge in [-0.1, -0.05) is 0 Å². The van der Waals surface area contributed by atoms with Crippen LogP contribution in [-0.2, 0) is 7.05 Å². The summed E-state index contributed by atoms with van der Waals surface area (Å²) >= 11 is 0. The second-order valence-corrected chi connectivity index (χ2v) is 6.25. The molecule has 0 N–H and O–H groups in total. The Balaban J connectivity index is 2.14. The van der Waals surface area contributed by atoms with E-state index in [9.17, 15) is 9.18 Å². The molecule has 0 atom stereocenters. The maximum Gasteiger partial charge on any atom is 0.272 e. The van der Waals surface area contributed by atoms with Crippen LogP contribution in [0.25, 0.3) is 33.3 Å². The molecule has 4 aromatic rings. The summed E-state index contributed by atoms with van der Waals surface area (Å²) in [5.41, 5.74) is 2.29. The zero-order valence-corrected chi connectivity index (χ0v) is 14.6. The van der Waals surface area contributed by atoms with Gasteiger partial charge in [0, 0.05) is 44.5 Å². The highest BCUT2D eigenvalue weighted by atomic mass is 19.1. The zero-order valence-electron chi connectivity index (χ0n) is 14.6. The predicted molar refractivity (Wildman–Crippen MR) is 97.2 cm³/mol. The van der Waals surface area contributed by atoms with Crippen molar-refractivity contribution in [3.05, 3.63) is 54.2 Å². The first-order chi connectivity index (χ1) is 12.5. The number of pyridine rings is 1. The topological polar surface area (TPSA) is 63.9 Å². The van der Waals surface area contributed by atoms with Gasteiger partial charge < -0.3 is 9.47 Å². The van der Waals surface area contributed by atoms with E-state index in [1.54, 1.807) is 56.3 Å². The Labute approximate surface area is 148 Å². The maximum atomic E-state index is 13.7. The zero-order chi connectivity index (χ0) is 18.4. The van der Waals surface area contributed by atoms with Crippen molar-refractivity contribution in [3.63, 3.8) is 0 Å². The van der Waals surface area contributed by atoms with Crippen molar-refractivity contribution in [3.8, 4) is 11.4 Å². The standard InChI is InChI=1S/C19H16FN5O/c1-24(2)19(26)16-15-13-5-4-12(20)10-14(13)25(3)18(15)23-17(22-16)11-6-8-21-9-7-11/h4-10H,1-3H3. The molecule has 1 amide bonds. The van der Waals surface area contributed by atoms with E-state index >= 15 is 0 Å². The molecule has 0 unspecified atom stereocenters. The highest BCUT2D eigenvalue weighted by Crippen LogP contribution is 2.31. The number of rotatable bonds is 2. The first-order valence-corrected chi connectivity index (χ1v) is 8.05. The number of carbonyl (C=O) groups is 1. The number of fused-ring (bicyclic) bond motifs is 3. The molecule has 0 saturated carbocycles. The SMILES string of the molecule is CN(C)C(=O)c1nc(-c2ccncc2)nc2c1c1ccc(F)cc1n2C. The third-order valence-corrected chi connectivity index (χ3v) is 4.35. The molecule has 0 radical (unpaired) electrons. The number of halogens is 1. The number of hydrogen-bond donors (Lipinski definition) is 0. The normalized spacial score (nSPS) is 11.2. The average molecular weight is 349 g/mol. The van der Waals surface area contributed by atoms with Gasteiger partial charge >= 0.3 is 0 Å². The lowest BCUT2D eigenvalue weighted by Gasteiger charge is -2.12. The van der Waals surface area contributed by atoms with Crippen molar-refractivity contribution >= 4 is 27.8 Å².